The summed E-state index contributed by atoms with van der Waals surface area (Å²) < 4.78 is 0. The molecule has 172 valence electrons. The molecule has 1 aliphatic carbocycles. The minimum absolute atomic E-state index is 0.0102. The van der Waals surface area contributed by atoms with Gasteiger partial charge >= 0.3 is 6.03 Å². The number of benzene rings is 2. The molecule has 2 N–H and O–H groups in total. The Bertz CT molecular complexity index is 1410. The lowest BCUT2D eigenvalue weighted by Crippen LogP contribution is -2.53. The van der Waals surface area contributed by atoms with E-state index in [4.69, 9.17) is 4.98 Å². The molecule has 3 aliphatic rings. The smallest absolute Gasteiger partial charge is 0.324 e. The van der Waals surface area contributed by atoms with E-state index in [9.17, 15) is 14.4 Å². The Kier molecular flexibility index (Phi) is 4.12. The molecule has 8 heteroatoms. The molecule has 3 aromatic rings. The zero-order valence-corrected chi connectivity index (χ0v) is 19.3. The molecule has 0 radical (unpaired) electrons. The number of urea groups is 1. The summed E-state index contributed by atoms with van der Waals surface area (Å²) in [5.41, 5.74) is 3.87. The van der Waals surface area contributed by atoms with E-state index < -0.39 is 11.1 Å². The van der Waals surface area contributed by atoms with E-state index in [0.29, 0.717) is 19.4 Å². The van der Waals surface area contributed by atoms with Crippen molar-refractivity contribution in [2.45, 2.75) is 44.3 Å². The predicted molar refractivity (Wildman–Crippen MR) is 129 cm³/mol. The number of nitrogens with one attached hydrogen (secondary N) is 2. The van der Waals surface area contributed by atoms with Crippen LogP contribution in [0.1, 0.15) is 30.7 Å². The fourth-order valence-corrected chi connectivity index (χ4v) is 5.43. The molecule has 2 aromatic carbocycles. The molecule has 4 amide bonds. The van der Waals surface area contributed by atoms with Crippen molar-refractivity contribution in [2.75, 3.05) is 17.3 Å². The van der Waals surface area contributed by atoms with Gasteiger partial charge in [0.15, 0.2) is 0 Å². The van der Waals surface area contributed by atoms with Crippen molar-refractivity contribution in [2.24, 2.45) is 0 Å². The molecule has 1 spiro atoms. The Morgan fingerprint density at radius 3 is 2.47 bits per heavy atom. The first-order valence-corrected chi connectivity index (χ1v) is 11.4. The highest BCUT2D eigenvalue weighted by molar-refractivity contribution is 6.08. The summed E-state index contributed by atoms with van der Waals surface area (Å²) in [5, 5.41) is 6.73. The number of fused-ring (bicyclic) bond motifs is 3. The minimum Gasteiger partial charge on any atom is -0.370 e. The van der Waals surface area contributed by atoms with Gasteiger partial charge in [-0.2, -0.15) is 0 Å². The lowest BCUT2D eigenvalue weighted by atomic mass is 9.95. The number of aromatic nitrogens is 1. The minimum atomic E-state index is -0.859. The lowest BCUT2D eigenvalue weighted by molar-refractivity contribution is -0.126. The molecular weight excluding hydrogens is 430 g/mol. The molecule has 8 nitrogen and oxygen atoms in total. The second-order valence-electron chi connectivity index (χ2n) is 9.98. The van der Waals surface area contributed by atoms with Crippen molar-refractivity contribution >= 4 is 40.1 Å². The van der Waals surface area contributed by atoms with Crippen molar-refractivity contribution in [3.63, 3.8) is 0 Å². The number of hydrogen-bond donors (Lipinski definition) is 2. The third-order valence-electron chi connectivity index (χ3n) is 7.37. The number of rotatable bonds is 2. The van der Waals surface area contributed by atoms with Gasteiger partial charge in [-0.05, 0) is 55.3 Å². The van der Waals surface area contributed by atoms with Crippen LogP contribution < -0.4 is 15.5 Å². The van der Waals surface area contributed by atoms with Crippen LogP contribution in [-0.2, 0) is 29.0 Å². The topological polar surface area (TPSA) is 94.6 Å². The van der Waals surface area contributed by atoms with Gasteiger partial charge in [-0.1, -0.05) is 18.2 Å². The normalized spacial score (nSPS) is 22.7. The molecule has 2 aliphatic heterocycles. The predicted octanol–water partition coefficient (Wildman–Crippen LogP) is 2.99. The molecule has 1 unspecified atom stereocenters. The van der Waals surface area contributed by atoms with Crippen LogP contribution in [0.3, 0.4) is 0 Å². The van der Waals surface area contributed by atoms with Gasteiger partial charge in [0.05, 0.1) is 29.1 Å². The summed E-state index contributed by atoms with van der Waals surface area (Å²) in [6.45, 7) is 4.12. The Morgan fingerprint density at radius 1 is 1.00 bits per heavy atom. The highest BCUT2D eigenvalue weighted by Crippen LogP contribution is 2.39. The molecule has 34 heavy (non-hydrogen) atoms. The summed E-state index contributed by atoms with van der Waals surface area (Å²) >= 11 is 0. The maximum Gasteiger partial charge on any atom is 0.324 e. The average Bonchev–Trinajstić information content (AvgIpc) is 3.27. The van der Waals surface area contributed by atoms with Gasteiger partial charge in [-0.25, -0.2) is 4.79 Å². The van der Waals surface area contributed by atoms with Gasteiger partial charge < -0.3 is 15.1 Å². The number of imide groups is 1. The van der Waals surface area contributed by atoms with Crippen molar-refractivity contribution in [1.82, 2.24) is 15.2 Å². The Labute approximate surface area is 196 Å². The van der Waals surface area contributed by atoms with Crippen LogP contribution in [-0.4, -0.2) is 45.9 Å². The van der Waals surface area contributed by atoms with Crippen molar-refractivity contribution in [3.8, 4) is 0 Å². The summed E-state index contributed by atoms with van der Waals surface area (Å²) in [4.78, 5) is 46.1. The molecule has 0 saturated carbocycles. The Hall–Kier alpha value is -3.94. The third-order valence-corrected chi connectivity index (χ3v) is 7.37. The summed E-state index contributed by atoms with van der Waals surface area (Å²) in [7, 11) is 1.67. The maximum atomic E-state index is 13.2. The van der Waals surface area contributed by atoms with Crippen LogP contribution in [0, 0.1) is 0 Å². The standard InChI is InChI=1S/C26H25N5O3/c1-25(2)23(33)31(21-7-5-4-6-19(21)29-25)14-18-9-8-15-10-16-12-26(13-17(16)11-20(15)27-18)22(32)28-24(34)30(26)3/h4-11,29H,12-14H2,1-3H3,(H,28,32,34). The fraction of sp³-hybridized carbons (Fsp3) is 0.308. The van der Waals surface area contributed by atoms with Crippen LogP contribution in [0.5, 0.6) is 0 Å². The van der Waals surface area contributed by atoms with E-state index in [1.54, 1.807) is 11.9 Å². The van der Waals surface area contributed by atoms with Gasteiger partial charge in [-0.3, -0.25) is 19.9 Å². The first-order valence-electron chi connectivity index (χ1n) is 11.4. The van der Waals surface area contributed by atoms with Gasteiger partial charge in [0, 0.05) is 25.3 Å². The van der Waals surface area contributed by atoms with Gasteiger partial charge in [0.1, 0.15) is 11.1 Å². The number of carbonyl (C=O) groups excluding carboxylic acids is 3. The molecule has 1 aromatic heterocycles. The quantitative estimate of drug-likeness (QED) is 0.580. The van der Waals surface area contributed by atoms with E-state index in [-0.39, 0.29) is 17.8 Å². The molecule has 1 saturated heterocycles. The number of carbonyl (C=O) groups is 3. The number of amides is 4. The SMILES string of the molecule is CN1C(=O)NC(=O)C12Cc1cc3ccc(CN4C(=O)C(C)(C)Nc5ccccc54)nc3cc1C2. The molecular formula is C26H25N5O3. The molecule has 6 rings (SSSR count). The number of nitrogens with zero attached hydrogens (tertiary/aromatic N) is 3. The van der Waals surface area contributed by atoms with Gasteiger partial charge in [-0.15, -0.1) is 0 Å². The van der Waals surface area contributed by atoms with Crippen LogP contribution in [0.2, 0.25) is 0 Å². The van der Waals surface area contributed by atoms with Crippen LogP contribution in [0.4, 0.5) is 16.2 Å². The van der Waals surface area contributed by atoms with Crippen LogP contribution in [0.15, 0.2) is 48.5 Å². The monoisotopic (exact) mass is 455 g/mol. The Balaban J connectivity index is 1.35. The van der Waals surface area contributed by atoms with Gasteiger partial charge in [0.2, 0.25) is 0 Å². The lowest BCUT2D eigenvalue weighted by Gasteiger charge is -2.39. The second-order valence-corrected chi connectivity index (χ2v) is 9.98. The van der Waals surface area contributed by atoms with Gasteiger partial charge in [0.25, 0.3) is 11.8 Å². The first-order chi connectivity index (χ1) is 16.2. The zero-order chi connectivity index (χ0) is 23.8. The number of hydrogen-bond acceptors (Lipinski definition) is 5. The molecule has 1 fully saturated rings. The number of para-hydroxylation sites is 2. The average molecular weight is 456 g/mol. The summed E-state index contributed by atoms with van der Waals surface area (Å²) in [6.07, 6.45) is 0.964. The molecule has 0 bridgehead atoms. The number of likely N-dealkylation sites (N-methyl/N-ethyl adjacent to an activating group) is 1. The Morgan fingerprint density at radius 2 is 1.74 bits per heavy atom. The first kappa shape index (κ1) is 20.7. The number of anilines is 2. The fourth-order valence-electron chi connectivity index (χ4n) is 5.43. The van der Waals surface area contributed by atoms with Crippen LogP contribution >= 0.6 is 0 Å². The highest BCUT2D eigenvalue weighted by Gasteiger charge is 2.54. The van der Waals surface area contributed by atoms with Crippen LogP contribution in [0.25, 0.3) is 10.9 Å². The zero-order valence-electron chi connectivity index (χ0n) is 19.3. The number of pyridine rings is 1. The van der Waals surface area contributed by atoms with Crippen molar-refractivity contribution < 1.29 is 14.4 Å². The second kappa shape index (κ2) is 6.79. The molecule has 3 heterocycles. The van der Waals surface area contributed by atoms with E-state index >= 15 is 0 Å². The van der Waals surface area contributed by atoms with Crippen molar-refractivity contribution in [1.29, 1.82) is 0 Å². The highest BCUT2D eigenvalue weighted by atomic mass is 16.2. The summed E-state index contributed by atoms with van der Waals surface area (Å²) in [5.74, 6) is -0.253. The summed E-state index contributed by atoms with van der Waals surface area (Å²) in [6, 6.07) is 15.5. The third kappa shape index (κ3) is 2.84. The maximum absolute atomic E-state index is 13.2. The largest absolute Gasteiger partial charge is 0.370 e. The molecule has 1 atom stereocenters. The van der Waals surface area contributed by atoms with E-state index in [1.807, 2.05) is 56.3 Å². The van der Waals surface area contributed by atoms with E-state index in [1.165, 1.54) is 4.90 Å². The van der Waals surface area contributed by atoms with E-state index in [0.717, 1.165) is 39.1 Å². The van der Waals surface area contributed by atoms with E-state index in [2.05, 4.69) is 16.7 Å². The van der Waals surface area contributed by atoms with Crippen molar-refractivity contribution in [3.05, 3.63) is 65.4 Å².